The molecule has 1 aliphatic heterocycles. The Balaban J connectivity index is 1.71. The van der Waals surface area contributed by atoms with E-state index in [1.807, 2.05) is 0 Å². The van der Waals surface area contributed by atoms with Crippen molar-refractivity contribution in [2.24, 2.45) is 0 Å². The van der Waals surface area contributed by atoms with Gasteiger partial charge in [-0.1, -0.05) is 6.92 Å². The molecule has 1 N–H and O–H groups in total. The van der Waals surface area contributed by atoms with Crippen LogP contribution in [-0.4, -0.2) is 39.0 Å². The predicted molar refractivity (Wildman–Crippen MR) is 66.8 cm³/mol. The lowest BCUT2D eigenvalue weighted by molar-refractivity contribution is 0.0161. The van der Waals surface area contributed by atoms with Gasteiger partial charge in [-0.3, -0.25) is 0 Å². The van der Waals surface area contributed by atoms with Gasteiger partial charge in [-0.2, -0.15) is 0 Å². The number of rotatable bonds is 10. The highest BCUT2D eigenvalue weighted by Crippen LogP contribution is 2.12. The normalized spacial score (nSPS) is 20.4. The molecular weight excluding hydrogens is 202 g/mol. The number of unbranched alkanes of at least 4 members (excludes halogenated alkanes) is 2. The van der Waals surface area contributed by atoms with Crippen LogP contribution in [0.3, 0.4) is 0 Å². The first-order valence-corrected chi connectivity index (χ1v) is 6.83. The fraction of sp³-hybridized carbons (Fsp3) is 1.00. The highest BCUT2D eigenvalue weighted by Gasteiger charge is 2.14. The van der Waals surface area contributed by atoms with Crippen LogP contribution in [-0.2, 0) is 9.47 Å². The first kappa shape index (κ1) is 13.9. The molecule has 0 aromatic heterocycles. The maximum atomic E-state index is 5.60. The Hall–Kier alpha value is -0.120. The minimum Gasteiger partial charge on any atom is -0.379 e. The van der Waals surface area contributed by atoms with Crippen molar-refractivity contribution in [1.82, 2.24) is 5.32 Å². The summed E-state index contributed by atoms with van der Waals surface area (Å²) in [7, 11) is 0. The van der Waals surface area contributed by atoms with Gasteiger partial charge in [0.25, 0.3) is 0 Å². The summed E-state index contributed by atoms with van der Waals surface area (Å²) < 4.78 is 11.1. The highest BCUT2D eigenvalue weighted by molar-refractivity contribution is 4.63. The van der Waals surface area contributed by atoms with E-state index in [0.29, 0.717) is 6.10 Å². The van der Waals surface area contributed by atoms with Gasteiger partial charge in [-0.05, 0) is 51.6 Å². The summed E-state index contributed by atoms with van der Waals surface area (Å²) in [6, 6.07) is 0. The third-order valence-electron chi connectivity index (χ3n) is 2.90. The molecule has 3 heteroatoms. The Kier molecular flexibility index (Phi) is 8.77. The molecule has 3 nitrogen and oxygen atoms in total. The Morgan fingerprint density at radius 2 is 2.19 bits per heavy atom. The standard InChI is InChI=1S/C13H27NO2/c1-2-8-14-9-4-3-5-10-15-12-13-7-6-11-16-13/h13-14H,2-12H2,1H3. The van der Waals surface area contributed by atoms with E-state index in [1.165, 1.54) is 38.5 Å². The molecule has 0 bridgehead atoms. The molecule has 1 aliphatic rings. The Bertz CT molecular complexity index is 147. The van der Waals surface area contributed by atoms with Gasteiger partial charge in [-0.25, -0.2) is 0 Å². The molecule has 1 rings (SSSR count). The molecule has 0 aliphatic carbocycles. The summed E-state index contributed by atoms with van der Waals surface area (Å²) in [5, 5.41) is 3.41. The van der Waals surface area contributed by atoms with E-state index in [1.54, 1.807) is 0 Å². The summed E-state index contributed by atoms with van der Waals surface area (Å²) in [5.74, 6) is 0. The van der Waals surface area contributed by atoms with Crippen LogP contribution in [0.4, 0.5) is 0 Å². The average Bonchev–Trinajstić information content (AvgIpc) is 2.80. The molecule has 1 unspecified atom stereocenters. The van der Waals surface area contributed by atoms with Gasteiger partial charge in [0.05, 0.1) is 12.7 Å². The van der Waals surface area contributed by atoms with Crippen molar-refractivity contribution in [3.63, 3.8) is 0 Å². The summed E-state index contributed by atoms with van der Waals surface area (Å²) in [6.07, 6.45) is 7.71. The lowest BCUT2D eigenvalue weighted by Crippen LogP contribution is -2.16. The van der Waals surface area contributed by atoms with E-state index < -0.39 is 0 Å². The summed E-state index contributed by atoms with van der Waals surface area (Å²) in [5.41, 5.74) is 0. The molecule has 0 saturated carbocycles. The van der Waals surface area contributed by atoms with Crippen molar-refractivity contribution in [1.29, 1.82) is 0 Å². The lowest BCUT2D eigenvalue weighted by Gasteiger charge is -2.09. The lowest BCUT2D eigenvalue weighted by atomic mass is 10.2. The Morgan fingerprint density at radius 3 is 2.94 bits per heavy atom. The zero-order valence-corrected chi connectivity index (χ0v) is 10.7. The molecule has 0 radical (unpaired) electrons. The molecule has 1 atom stereocenters. The van der Waals surface area contributed by atoms with Crippen LogP contribution in [0.1, 0.15) is 45.4 Å². The van der Waals surface area contributed by atoms with Crippen LogP contribution in [0.2, 0.25) is 0 Å². The fourth-order valence-corrected chi connectivity index (χ4v) is 1.92. The van der Waals surface area contributed by atoms with Gasteiger partial charge in [0, 0.05) is 13.2 Å². The average molecular weight is 229 g/mol. The minimum atomic E-state index is 0.381. The Morgan fingerprint density at radius 1 is 1.25 bits per heavy atom. The van der Waals surface area contributed by atoms with Crippen LogP contribution in [0.25, 0.3) is 0 Å². The van der Waals surface area contributed by atoms with E-state index in [2.05, 4.69) is 12.2 Å². The van der Waals surface area contributed by atoms with Crippen molar-refractivity contribution in [3.8, 4) is 0 Å². The van der Waals surface area contributed by atoms with E-state index in [0.717, 1.165) is 32.9 Å². The van der Waals surface area contributed by atoms with Gasteiger partial charge >= 0.3 is 0 Å². The van der Waals surface area contributed by atoms with Crippen molar-refractivity contribution in [2.75, 3.05) is 32.9 Å². The van der Waals surface area contributed by atoms with E-state index in [-0.39, 0.29) is 0 Å². The van der Waals surface area contributed by atoms with Crippen LogP contribution >= 0.6 is 0 Å². The van der Waals surface area contributed by atoms with Gasteiger partial charge in [-0.15, -0.1) is 0 Å². The largest absolute Gasteiger partial charge is 0.379 e. The first-order valence-electron chi connectivity index (χ1n) is 6.83. The zero-order chi connectivity index (χ0) is 11.5. The fourth-order valence-electron chi connectivity index (χ4n) is 1.92. The van der Waals surface area contributed by atoms with Crippen molar-refractivity contribution >= 4 is 0 Å². The second kappa shape index (κ2) is 10.1. The topological polar surface area (TPSA) is 30.5 Å². The second-order valence-electron chi connectivity index (χ2n) is 4.52. The van der Waals surface area contributed by atoms with Gasteiger partial charge < -0.3 is 14.8 Å². The highest BCUT2D eigenvalue weighted by atomic mass is 16.5. The monoisotopic (exact) mass is 229 g/mol. The molecule has 1 fully saturated rings. The maximum Gasteiger partial charge on any atom is 0.0809 e. The number of hydrogen-bond donors (Lipinski definition) is 1. The SMILES string of the molecule is CCCNCCCCCOCC1CCCO1. The van der Waals surface area contributed by atoms with E-state index >= 15 is 0 Å². The number of nitrogens with one attached hydrogen (secondary N) is 1. The molecule has 0 amide bonds. The maximum absolute atomic E-state index is 5.60. The van der Waals surface area contributed by atoms with Crippen molar-refractivity contribution in [2.45, 2.75) is 51.6 Å². The molecule has 16 heavy (non-hydrogen) atoms. The minimum absolute atomic E-state index is 0.381. The summed E-state index contributed by atoms with van der Waals surface area (Å²) in [6.45, 7) is 7.12. The van der Waals surface area contributed by atoms with Crippen molar-refractivity contribution in [3.05, 3.63) is 0 Å². The predicted octanol–water partition coefficient (Wildman–Crippen LogP) is 2.35. The van der Waals surface area contributed by atoms with Crippen LogP contribution in [0.15, 0.2) is 0 Å². The number of hydrogen-bond acceptors (Lipinski definition) is 3. The second-order valence-corrected chi connectivity index (χ2v) is 4.52. The van der Waals surface area contributed by atoms with Crippen LogP contribution in [0, 0.1) is 0 Å². The van der Waals surface area contributed by atoms with E-state index in [9.17, 15) is 0 Å². The Labute approximate surface area is 99.9 Å². The quantitative estimate of drug-likeness (QED) is 0.583. The van der Waals surface area contributed by atoms with Gasteiger partial charge in [0.1, 0.15) is 0 Å². The zero-order valence-electron chi connectivity index (χ0n) is 10.7. The molecular formula is C13H27NO2. The smallest absolute Gasteiger partial charge is 0.0809 e. The van der Waals surface area contributed by atoms with Crippen molar-refractivity contribution < 1.29 is 9.47 Å². The first-order chi connectivity index (χ1) is 7.93. The number of ether oxygens (including phenoxy) is 2. The van der Waals surface area contributed by atoms with Crippen LogP contribution < -0.4 is 5.32 Å². The molecule has 1 heterocycles. The molecule has 0 spiro atoms. The third kappa shape index (κ3) is 7.20. The van der Waals surface area contributed by atoms with E-state index in [4.69, 9.17) is 9.47 Å². The summed E-state index contributed by atoms with van der Waals surface area (Å²) >= 11 is 0. The summed E-state index contributed by atoms with van der Waals surface area (Å²) in [4.78, 5) is 0. The van der Waals surface area contributed by atoms with Gasteiger partial charge in [0.15, 0.2) is 0 Å². The molecule has 0 aromatic rings. The van der Waals surface area contributed by atoms with Crippen LogP contribution in [0.5, 0.6) is 0 Å². The molecule has 0 aromatic carbocycles. The molecule has 96 valence electrons. The third-order valence-corrected chi connectivity index (χ3v) is 2.90. The molecule has 1 saturated heterocycles. The van der Waals surface area contributed by atoms with Gasteiger partial charge in [0.2, 0.25) is 0 Å².